The number of halogens is 1. The van der Waals surface area contributed by atoms with E-state index < -0.39 is 42.6 Å². The molecule has 0 bridgehead atoms. The molecule has 3 atom stereocenters. The van der Waals surface area contributed by atoms with Crippen LogP contribution in [0.3, 0.4) is 0 Å². The van der Waals surface area contributed by atoms with Crippen LogP contribution in [0.2, 0.25) is 0 Å². The van der Waals surface area contributed by atoms with Gasteiger partial charge in [-0.1, -0.05) is 62.4 Å². The van der Waals surface area contributed by atoms with E-state index in [4.69, 9.17) is 6.91 Å². The van der Waals surface area contributed by atoms with Crippen molar-refractivity contribution in [2.75, 3.05) is 5.32 Å². The van der Waals surface area contributed by atoms with Gasteiger partial charge in [-0.15, -0.1) is 0 Å². The predicted molar refractivity (Wildman–Crippen MR) is 159 cm³/mol. The average Bonchev–Trinajstić information content (AvgIpc) is 3.41. The first-order valence-corrected chi connectivity index (χ1v) is 13.3. The zero-order chi connectivity index (χ0) is 34.5. The summed E-state index contributed by atoms with van der Waals surface area (Å²) in [6, 6.07) is 23.6. The third kappa shape index (κ3) is 7.30. The van der Waals surface area contributed by atoms with E-state index in [1.165, 1.54) is 12.1 Å². The van der Waals surface area contributed by atoms with Gasteiger partial charge in [0.25, 0.3) is 5.91 Å². The molecule has 4 rings (SSSR count). The van der Waals surface area contributed by atoms with Crippen molar-refractivity contribution < 1.29 is 39.8 Å². The number of aliphatic carboxylic acids is 1. The lowest BCUT2D eigenvalue weighted by atomic mass is 9.94. The number of carbonyl (C=O) groups excluding carboxylic acids is 1. The van der Waals surface area contributed by atoms with Gasteiger partial charge in [0.15, 0.2) is 0 Å². The highest BCUT2D eigenvalue weighted by atomic mass is 19.1. The summed E-state index contributed by atoms with van der Waals surface area (Å²) in [6.45, 7) is 3.63. The third-order valence-electron chi connectivity index (χ3n) is 6.63. The van der Waals surface area contributed by atoms with Crippen molar-refractivity contribution in [1.82, 2.24) is 4.57 Å². The maximum absolute atomic E-state index is 14.2. The van der Waals surface area contributed by atoms with Crippen LogP contribution in [0.15, 0.2) is 84.9 Å². The number of carboxylic acids is 1. The number of hydrogen-bond acceptors (Lipinski definition) is 5. The molecular formula is C33H35FN2O6. The molecule has 1 heterocycles. The molecule has 0 aliphatic rings. The maximum atomic E-state index is 14.2. The molecule has 0 radical (unpaired) electrons. The predicted octanol–water partition coefficient (Wildman–Crippen LogP) is 6.81. The lowest BCUT2D eigenvalue weighted by molar-refractivity contribution is -0.284. The third-order valence-corrected chi connectivity index (χ3v) is 6.63. The number of anilines is 1. The second kappa shape index (κ2) is 14.0. The molecule has 0 spiro atoms. The Morgan fingerprint density at radius 3 is 2.24 bits per heavy atom. The minimum absolute atomic E-state index is 0.108. The molecule has 42 heavy (non-hydrogen) atoms. The largest absolute Gasteiger partial charge is 0.481 e. The normalized spacial score (nSPS) is 16.3. The molecule has 220 valence electrons. The number of aromatic nitrogens is 1. The van der Waals surface area contributed by atoms with Gasteiger partial charge in [-0.3, -0.25) is 14.8 Å². The standard InChI is InChI=1S/C33H35FN2O6/c1-21(2)31-30(33(40)35-25-11-7-4-8-12-25)29(22-9-5-3-6-10-22)32(23-13-15-24(34)16-14-23)36(31)18-17-27(42-41)19-26(37)20-28(38)39/h3-16,21,26-27,37,41H,17-20H2,1-2H3,(H,35,40)(H,38,39)/t26-,27-/m1/s1/i19D,20D2,26D,37D/t19?,26-,27-. The number of hydrogen-bond donors (Lipinski definition) is 4. The summed E-state index contributed by atoms with van der Waals surface area (Å²) in [5, 5.41) is 26.3. The number of aliphatic hydroxyl groups is 1. The Hall–Kier alpha value is -4.31. The summed E-state index contributed by atoms with van der Waals surface area (Å²) < 4.78 is 55.7. The zero-order valence-electron chi connectivity index (χ0n) is 28.1. The van der Waals surface area contributed by atoms with Crippen molar-refractivity contribution >= 4 is 17.6 Å². The van der Waals surface area contributed by atoms with E-state index in [1.807, 2.05) is 38.1 Å². The lowest BCUT2D eigenvalue weighted by Crippen LogP contribution is -2.24. The first-order chi connectivity index (χ1) is 22.3. The van der Waals surface area contributed by atoms with Crippen LogP contribution in [0.5, 0.6) is 0 Å². The summed E-state index contributed by atoms with van der Waals surface area (Å²) >= 11 is 0. The van der Waals surface area contributed by atoms with E-state index >= 15 is 0 Å². The molecule has 1 amide bonds. The highest BCUT2D eigenvalue weighted by Gasteiger charge is 2.31. The topological polar surface area (TPSA) is 121 Å². The first kappa shape index (κ1) is 24.3. The van der Waals surface area contributed by atoms with Crippen LogP contribution in [0, 0.1) is 5.82 Å². The molecular weight excluding hydrogens is 539 g/mol. The highest BCUT2D eigenvalue weighted by molar-refractivity contribution is 6.12. The van der Waals surface area contributed by atoms with E-state index in [9.17, 15) is 24.3 Å². The van der Waals surface area contributed by atoms with Gasteiger partial charge in [-0.2, -0.15) is 0 Å². The number of para-hydroxylation sites is 1. The zero-order valence-corrected chi connectivity index (χ0v) is 23.1. The van der Waals surface area contributed by atoms with Gasteiger partial charge in [0.2, 0.25) is 1.43 Å². The Kier molecular flexibility index (Phi) is 8.13. The highest BCUT2D eigenvalue weighted by Crippen LogP contribution is 2.42. The fraction of sp³-hybridized carbons (Fsp3) is 0.273. The van der Waals surface area contributed by atoms with Crippen molar-refractivity contribution in [3.63, 3.8) is 0 Å². The van der Waals surface area contributed by atoms with Crippen LogP contribution in [-0.4, -0.2) is 45.5 Å². The quantitative estimate of drug-likeness (QED) is 0.0962. The van der Waals surface area contributed by atoms with Gasteiger partial charge >= 0.3 is 5.97 Å². The van der Waals surface area contributed by atoms with Crippen molar-refractivity contribution in [3.8, 4) is 22.4 Å². The number of carboxylic acid groups (broad SMARTS) is 1. The monoisotopic (exact) mass is 579 g/mol. The van der Waals surface area contributed by atoms with Crippen molar-refractivity contribution in [1.29, 1.82) is 1.43 Å². The number of amides is 1. The van der Waals surface area contributed by atoms with Crippen molar-refractivity contribution in [2.24, 2.45) is 0 Å². The van der Waals surface area contributed by atoms with E-state index in [1.54, 1.807) is 53.1 Å². The van der Waals surface area contributed by atoms with Crippen LogP contribution in [0.1, 0.15) is 60.5 Å². The summed E-state index contributed by atoms with van der Waals surface area (Å²) in [7, 11) is 0. The Balaban J connectivity index is 1.94. The average molecular weight is 580 g/mol. The van der Waals surface area contributed by atoms with E-state index in [0.29, 0.717) is 39.3 Å². The molecule has 3 aromatic carbocycles. The second-order valence-electron chi connectivity index (χ2n) is 9.88. The van der Waals surface area contributed by atoms with Crippen LogP contribution >= 0.6 is 0 Å². The SMILES string of the molecule is [2H]O[C@]([2H])(C([2H])[C@@H](CCn1c(-c2ccc(F)cc2)c(-c2ccccc2)c(C(=O)Nc2ccccc2)c1C(C)C)OO)C([2H])([2H])C(=O)O. The molecule has 1 aromatic heterocycles. The number of rotatable bonds is 14. The van der Waals surface area contributed by atoms with E-state index in [0.717, 1.165) is 0 Å². The Morgan fingerprint density at radius 2 is 1.67 bits per heavy atom. The molecule has 0 saturated carbocycles. The maximum Gasteiger partial charge on any atom is 0.305 e. The molecule has 1 unspecified atom stereocenters. The van der Waals surface area contributed by atoms with Gasteiger partial charge < -0.3 is 20.1 Å². The number of benzene rings is 3. The lowest BCUT2D eigenvalue weighted by Gasteiger charge is -2.21. The Morgan fingerprint density at radius 1 is 1.02 bits per heavy atom. The van der Waals surface area contributed by atoms with Crippen LogP contribution in [0.25, 0.3) is 22.4 Å². The van der Waals surface area contributed by atoms with Gasteiger partial charge in [-0.25, -0.2) is 9.28 Å². The van der Waals surface area contributed by atoms with Crippen molar-refractivity contribution in [2.45, 2.75) is 57.7 Å². The van der Waals surface area contributed by atoms with Gasteiger partial charge in [0, 0.05) is 34.0 Å². The minimum Gasteiger partial charge on any atom is -0.481 e. The van der Waals surface area contributed by atoms with E-state index in [-0.39, 0.29) is 18.9 Å². The number of nitrogens with one attached hydrogen (secondary N) is 1. The number of carbonyl (C=O) groups is 2. The molecule has 4 aromatic rings. The fourth-order valence-electron chi connectivity index (χ4n) is 4.95. The van der Waals surface area contributed by atoms with Crippen LogP contribution < -0.4 is 5.32 Å². The summed E-state index contributed by atoms with van der Waals surface area (Å²) in [5.41, 5.74) is 3.59. The Labute approximate surface area is 251 Å². The van der Waals surface area contributed by atoms with Gasteiger partial charge in [-0.05, 0) is 59.9 Å². The summed E-state index contributed by atoms with van der Waals surface area (Å²) in [6.07, 6.45) is -11.1. The van der Waals surface area contributed by atoms with E-state index in [2.05, 4.69) is 15.3 Å². The van der Waals surface area contributed by atoms with Crippen LogP contribution in [-0.2, 0) is 16.2 Å². The smallest absolute Gasteiger partial charge is 0.305 e. The molecule has 0 saturated heterocycles. The van der Waals surface area contributed by atoms with Crippen LogP contribution in [0.4, 0.5) is 10.1 Å². The fourth-order valence-corrected chi connectivity index (χ4v) is 4.95. The molecule has 8 nitrogen and oxygen atoms in total. The van der Waals surface area contributed by atoms with Gasteiger partial charge in [0.05, 0.1) is 31.2 Å². The number of nitrogens with zero attached hydrogens (tertiary/aromatic N) is 1. The molecule has 9 heteroatoms. The molecule has 0 aliphatic heterocycles. The van der Waals surface area contributed by atoms with Crippen molar-refractivity contribution in [3.05, 3.63) is 102 Å². The Bertz CT molecular complexity index is 1690. The second-order valence-corrected chi connectivity index (χ2v) is 9.88. The van der Waals surface area contributed by atoms with Gasteiger partial charge in [0.1, 0.15) is 5.82 Å². The first-order valence-electron chi connectivity index (χ1n) is 15.8. The molecule has 0 fully saturated rings. The minimum atomic E-state index is -3.53. The molecule has 0 aliphatic carbocycles. The molecule has 4 N–H and O–H groups in total. The summed E-state index contributed by atoms with van der Waals surface area (Å²) in [4.78, 5) is 30.3. The summed E-state index contributed by atoms with van der Waals surface area (Å²) in [5.74, 6) is -3.37.